The van der Waals surface area contributed by atoms with E-state index in [-0.39, 0.29) is 5.91 Å². The number of rotatable bonds is 5. The second-order valence-corrected chi connectivity index (χ2v) is 5.79. The molecule has 1 N–H and O–H groups in total. The predicted octanol–water partition coefficient (Wildman–Crippen LogP) is 3.48. The quantitative estimate of drug-likeness (QED) is 0.845. The molecule has 0 saturated heterocycles. The predicted molar refractivity (Wildman–Crippen MR) is 94.6 cm³/mol. The first-order chi connectivity index (χ1) is 11.7. The van der Waals surface area contributed by atoms with Gasteiger partial charge in [-0.3, -0.25) is 4.79 Å². The summed E-state index contributed by atoms with van der Waals surface area (Å²) in [4.78, 5) is 11.9. The lowest BCUT2D eigenvalue weighted by Gasteiger charge is -2.19. The minimum absolute atomic E-state index is 0.142. The molecule has 24 heavy (non-hydrogen) atoms. The molecule has 1 aliphatic heterocycles. The van der Waals surface area contributed by atoms with Crippen LogP contribution < -0.4 is 14.8 Å². The van der Waals surface area contributed by atoms with E-state index >= 15 is 0 Å². The fourth-order valence-electron chi connectivity index (χ4n) is 2.43. The number of carbonyl (C=O) groups is 1. The van der Waals surface area contributed by atoms with Gasteiger partial charge in [0, 0.05) is 12.6 Å². The summed E-state index contributed by atoms with van der Waals surface area (Å²) in [5, 5.41) is 3.35. The third-order valence-corrected chi connectivity index (χ3v) is 3.88. The van der Waals surface area contributed by atoms with E-state index < -0.39 is 0 Å². The Labute approximate surface area is 146 Å². The van der Waals surface area contributed by atoms with Crippen LogP contribution in [0.15, 0.2) is 48.5 Å². The van der Waals surface area contributed by atoms with Crippen LogP contribution in [0.1, 0.15) is 11.1 Å². The highest BCUT2D eigenvalue weighted by atomic mass is 35.5. The van der Waals surface area contributed by atoms with Gasteiger partial charge in [0.25, 0.3) is 0 Å². The lowest BCUT2D eigenvalue weighted by Crippen LogP contribution is -2.23. The van der Waals surface area contributed by atoms with Crippen molar-refractivity contribution >= 4 is 23.6 Å². The van der Waals surface area contributed by atoms with Crippen molar-refractivity contribution in [3.8, 4) is 11.5 Å². The van der Waals surface area contributed by atoms with Gasteiger partial charge in [0.05, 0.1) is 5.02 Å². The Balaban J connectivity index is 1.55. The Morgan fingerprint density at radius 3 is 2.79 bits per heavy atom. The third-order valence-electron chi connectivity index (χ3n) is 3.60. The van der Waals surface area contributed by atoms with Crippen LogP contribution in [0.3, 0.4) is 0 Å². The molecule has 1 amide bonds. The summed E-state index contributed by atoms with van der Waals surface area (Å²) >= 11 is 6.17. The van der Waals surface area contributed by atoms with E-state index in [0.717, 1.165) is 12.0 Å². The van der Waals surface area contributed by atoms with Gasteiger partial charge >= 0.3 is 0 Å². The van der Waals surface area contributed by atoms with E-state index in [1.54, 1.807) is 12.1 Å². The zero-order valence-corrected chi connectivity index (χ0v) is 13.9. The van der Waals surface area contributed by atoms with Crippen molar-refractivity contribution in [2.75, 3.05) is 19.8 Å². The van der Waals surface area contributed by atoms with Crippen LogP contribution in [0, 0.1) is 0 Å². The topological polar surface area (TPSA) is 47.6 Å². The van der Waals surface area contributed by atoms with Gasteiger partial charge in [0.2, 0.25) is 5.91 Å². The zero-order chi connectivity index (χ0) is 16.8. The minimum Gasteiger partial charge on any atom is -0.486 e. The Kier molecular flexibility index (Phi) is 5.39. The molecular weight excluding hydrogens is 326 g/mol. The van der Waals surface area contributed by atoms with Crippen LogP contribution in [0.4, 0.5) is 0 Å². The molecule has 3 rings (SSSR count). The van der Waals surface area contributed by atoms with Crippen LogP contribution in [-0.4, -0.2) is 25.7 Å². The van der Waals surface area contributed by atoms with E-state index in [0.29, 0.717) is 36.3 Å². The number of benzene rings is 2. The Morgan fingerprint density at radius 2 is 1.96 bits per heavy atom. The summed E-state index contributed by atoms with van der Waals surface area (Å²) in [5.74, 6) is 1.03. The molecule has 0 unspecified atom stereocenters. The summed E-state index contributed by atoms with van der Waals surface area (Å²) in [7, 11) is 0. The number of carbonyl (C=O) groups excluding carboxylic acids is 1. The number of hydrogen-bond acceptors (Lipinski definition) is 3. The summed E-state index contributed by atoms with van der Waals surface area (Å²) in [5.41, 5.74) is 1.99. The molecule has 2 aromatic carbocycles. The monoisotopic (exact) mass is 343 g/mol. The first-order valence-corrected chi connectivity index (χ1v) is 8.19. The van der Waals surface area contributed by atoms with E-state index in [1.807, 2.05) is 36.4 Å². The van der Waals surface area contributed by atoms with Gasteiger partial charge in [0.1, 0.15) is 13.2 Å². The number of ether oxygens (including phenoxy) is 2. The maximum Gasteiger partial charge on any atom is 0.244 e. The van der Waals surface area contributed by atoms with Crippen LogP contribution in [0.2, 0.25) is 5.02 Å². The van der Waals surface area contributed by atoms with Gasteiger partial charge in [-0.15, -0.1) is 0 Å². The van der Waals surface area contributed by atoms with Crippen molar-refractivity contribution in [3.63, 3.8) is 0 Å². The number of fused-ring (bicyclic) bond motifs is 1. The van der Waals surface area contributed by atoms with Crippen LogP contribution in [0.5, 0.6) is 11.5 Å². The molecule has 124 valence electrons. The normalized spacial score (nSPS) is 13.0. The average Bonchev–Trinajstić information content (AvgIpc) is 2.61. The zero-order valence-electron chi connectivity index (χ0n) is 13.1. The van der Waals surface area contributed by atoms with Gasteiger partial charge in [-0.2, -0.15) is 0 Å². The summed E-state index contributed by atoms with van der Waals surface area (Å²) < 4.78 is 11.0. The Morgan fingerprint density at radius 1 is 1.17 bits per heavy atom. The second kappa shape index (κ2) is 7.88. The highest BCUT2D eigenvalue weighted by Gasteiger charge is 2.15. The molecule has 0 aliphatic carbocycles. The second-order valence-electron chi connectivity index (χ2n) is 5.39. The molecule has 0 radical (unpaired) electrons. The van der Waals surface area contributed by atoms with Crippen LogP contribution >= 0.6 is 11.6 Å². The maximum absolute atomic E-state index is 11.9. The molecule has 0 bridgehead atoms. The van der Waals surface area contributed by atoms with E-state index in [2.05, 4.69) is 5.32 Å². The van der Waals surface area contributed by atoms with E-state index in [4.69, 9.17) is 21.1 Å². The van der Waals surface area contributed by atoms with Gasteiger partial charge in [-0.25, -0.2) is 0 Å². The molecule has 0 spiro atoms. The van der Waals surface area contributed by atoms with Gasteiger partial charge in [-0.05, 0) is 35.8 Å². The molecule has 1 heterocycles. The van der Waals surface area contributed by atoms with E-state index in [1.165, 1.54) is 11.6 Å². The first kappa shape index (κ1) is 16.4. The fourth-order valence-corrected chi connectivity index (χ4v) is 2.71. The molecule has 0 atom stereocenters. The van der Waals surface area contributed by atoms with Crippen molar-refractivity contribution in [1.82, 2.24) is 5.32 Å². The molecule has 5 heteroatoms. The lowest BCUT2D eigenvalue weighted by atomic mass is 10.1. The largest absolute Gasteiger partial charge is 0.486 e. The first-order valence-electron chi connectivity index (χ1n) is 7.81. The number of halogens is 1. The Bertz CT molecular complexity index is 744. The Hall–Kier alpha value is -2.46. The summed E-state index contributed by atoms with van der Waals surface area (Å²) in [6.07, 6.45) is 4.00. The fraction of sp³-hybridized carbons (Fsp3) is 0.211. The minimum atomic E-state index is -0.142. The SMILES string of the molecule is O=C(C=Cc1cc(Cl)c2c(c1)OCCO2)NCCc1ccccc1. The molecule has 0 saturated carbocycles. The number of nitrogens with one attached hydrogen (secondary N) is 1. The molecule has 0 fully saturated rings. The van der Waals surface area contributed by atoms with Gasteiger partial charge < -0.3 is 14.8 Å². The van der Waals surface area contributed by atoms with Crippen LogP contribution in [0.25, 0.3) is 6.08 Å². The van der Waals surface area contributed by atoms with Crippen LogP contribution in [-0.2, 0) is 11.2 Å². The molecule has 0 aromatic heterocycles. The van der Waals surface area contributed by atoms with Crippen molar-refractivity contribution in [2.24, 2.45) is 0 Å². The number of hydrogen-bond donors (Lipinski definition) is 1. The molecule has 1 aliphatic rings. The lowest BCUT2D eigenvalue weighted by molar-refractivity contribution is -0.116. The highest BCUT2D eigenvalue weighted by molar-refractivity contribution is 6.32. The van der Waals surface area contributed by atoms with Gasteiger partial charge in [-0.1, -0.05) is 41.9 Å². The summed E-state index contributed by atoms with van der Waals surface area (Å²) in [6, 6.07) is 13.6. The van der Waals surface area contributed by atoms with Gasteiger partial charge in [0.15, 0.2) is 11.5 Å². The smallest absolute Gasteiger partial charge is 0.244 e. The maximum atomic E-state index is 11.9. The van der Waals surface area contributed by atoms with Crippen molar-refractivity contribution in [1.29, 1.82) is 0 Å². The summed E-state index contributed by atoms with van der Waals surface area (Å²) in [6.45, 7) is 1.58. The van der Waals surface area contributed by atoms with Crippen molar-refractivity contribution in [2.45, 2.75) is 6.42 Å². The molecule has 2 aromatic rings. The number of amides is 1. The third kappa shape index (κ3) is 4.30. The highest BCUT2D eigenvalue weighted by Crippen LogP contribution is 2.38. The molecular formula is C19H18ClNO3. The molecule has 4 nitrogen and oxygen atoms in total. The standard InChI is InChI=1S/C19H18ClNO3/c20-16-12-15(13-17-19(16)24-11-10-23-17)6-7-18(22)21-9-8-14-4-2-1-3-5-14/h1-7,12-13H,8-11H2,(H,21,22). The average molecular weight is 344 g/mol. The van der Waals surface area contributed by atoms with Crippen molar-refractivity contribution < 1.29 is 14.3 Å². The van der Waals surface area contributed by atoms with E-state index in [9.17, 15) is 4.79 Å². The van der Waals surface area contributed by atoms with Crippen molar-refractivity contribution in [3.05, 3.63) is 64.7 Å².